The maximum Gasteiger partial charge on any atom is 0.0936 e. The van der Waals surface area contributed by atoms with E-state index in [9.17, 15) is 5.11 Å². The zero-order valence-electron chi connectivity index (χ0n) is 11.8. The Morgan fingerprint density at radius 2 is 2.05 bits per heavy atom. The van der Waals surface area contributed by atoms with Gasteiger partial charge in [-0.1, -0.05) is 47.8 Å². The van der Waals surface area contributed by atoms with Crippen molar-refractivity contribution in [3.05, 3.63) is 34.3 Å². The van der Waals surface area contributed by atoms with Crippen LogP contribution >= 0.6 is 15.9 Å². The van der Waals surface area contributed by atoms with Crippen LogP contribution in [0.4, 0.5) is 0 Å². The van der Waals surface area contributed by atoms with E-state index in [1.807, 2.05) is 31.2 Å². The molecule has 0 radical (unpaired) electrons. The lowest BCUT2D eigenvalue weighted by atomic mass is 9.60. The molecule has 0 spiro atoms. The molecule has 1 aliphatic rings. The van der Waals surface area contributed by atoms with Crippen molar-refractivity contribution < 1.29 is 5.11 Å². The number of benzene rings is 1. The molecule has 1 fully saturated rings. The lowest BCUT2D eigenvalue weighted by molar-refractivity contribution is -0.0970. The molecule has 1 aromatic carbocycles. The predicted molar refractivity (Wildman–Crippen MR) is 82.8 cm³/mol. The summed E-state index contributed by atoms with van der Waals surface area (Å²) >= 11 is 3.49. The summed E-state index contributed by atoms with van der Waals surface area (Å²) < 4.78 is 1.00. The third-order valence-electron chi connectivity index (χ3n) is 5.04. The topological polar surface area (TPSA) is 46.2 Å². The number of aliphatic hydroxyl groups is 1. The molecule has 0 saturated heterocycles. The van der Waals surface area contributed by atoms with Gasteiger partial charge in [0, 0.05) is 16.4 Å². The van der Waals surface area contributed by atoms with Gasteiger partial charge in [0.25, 0.3) is 0 Å². The number of rotatable bonds is 3. The van der Waals surface area contributed by atoms with Gasteiger partial charge in [-0.3, -0.25) is 0 Å². The highest BCUT2D eigenvalue weighted by Gasteiger charge is 2.48. The average Bonchev–Trinajstić information content (AvgIpc) is 2.40. The first-order valence-electron chi connectivity index (χ1n) is 7.10. The zero-order valence-corrected chi connectivity index (χ0v) is 13.4. The Balaban J connectivity index is 2.35. The van der Waals surface area contributed by atoms with Gasteiger partial charge in [-0.05, 0) is 43.4 Å². The van der Waals surface area contributed by atoms with Crippen molar-refractivity contribution in [2.75, 3.05) is 6.54 Å². The molecule has 0 aromatic heterocycles. The van der Waals surface area contributed by atoms with Gasteiger partial charge >= 0.3 is 0 Å². The summed E-state index contributed by atoms with van der Waals surface area (Å²) in [6, 6.07) is 7.97. The summed E-state index contributed by atoms with van der Waals surface area (Å²) in [7, 11) is 0. The second-order valence-corrected chi connectivity index (χ2v) is 7.17. The Labute approximate surface area is 124 Å². The maximum absolute atomic E-state index is 11.2. The molecule has 0 amide bonds. The summed E-state index contributed by atoms with van der Waals surface area (Å²) in [4.78, 5) is 0. The molecule has 1 aromatic rings. The molecule has 1 atom stereocenters. The molecule has 0 aliphatic heterocycles. The largest absolute Gasteiger partial charge is 0.385 e. The van der Waals surface area contributed by atoms with E-state index in [0.717, 1.165) is 41.6 Å². The van der Waals surface area contributed by atoms with E-state index in [4.69, 9.17) is 5.73 Å². The molecule has 1 unspecified atom stereocenters. The summed E-state index contributed by atoms with van der Waals surface area (Å²) in [6.07, 6.45) is 4.32. The van der Waals surface area contributed by atoms with Crippen LogP contribution in [0, 0.1) is 11.3 Å². The fraction of sp³-hybridized carbons (Fsp3) is 0.625. The molecule has 106 valence electrons. The Morgan fingerprint density at radius 3 is 2.58 bits per heavy atom. The van der Waals surface area contributed by atoms with Crippen LogP contribution in [0.15, 0.2) is 28.7 Å². The van der Waals surface area contributed by atoms with E-state index in [1.165, 1.54) is 0 Å². The summed E-state index contributed by atoms with van der Waals surface area (Å²) in [5, 5.41) is 11.2. The smallest absolute Gasteiger partial charge is 0.0936 e. The third-order valence-corrected chi connectivity index (χ3v) is 5.53. The van der Waals surface area contributed by atoms with E-state index in [0.29, 0.717) is 6.54 Å². The highest BCUT2D eigenvalue weighted by Crippen LogP contribution is 2.50. The standard InChI is InChI=1S/C16H24BrNO/c1-12-6-8-16(11-18,9-7-12)15(2,19)13-4-3-5-14(17)10-13/h3-5,10,12,19H,6-9,11,18H2,1-2H3. The second-order valence-electron chi connectivity index (χ2n) is 6.25. The minimum absolute atomic E-state index is 0.194. The van der Waals surface area contributed by atoms with Gasteiger partial charge in [-0.15, -0.1) is 0 Å². The van der Waals surface area contributed by atoms with Crippen LogP contribution < -0.4 is 5.73 Å². The minimum atomic E-state index is -0.869. The SMILES string of the molecule is CC1CCC(CN)(C(C)(O)c2cccc(Br)c2)CC1. The molecule has 0 bridgehead atoms. The van der Waals surface area contributed by atoms with Crippen molar-refractivity contribution in [1.82, 2.24) is 0 Å². The van der Waals surface area contributed by atoms with E-state index < -0.39 is 5.60 Å². The molecule has 2 rings (SSSR count). The Hall–Kier alpha value is -0.380. The summed E-state index contributed by atoms with van der Waals surface area (Å²) in [5.41, 5.74) is 5.97. The second kappa shape index (κ2) is 5.55. The Bertz CT molecular complexity index is 436. The third kappa shape index (κ3) is 2.74. The molecule has 19 heavy (non-hydrogen) atoms. The monoisotopic (exact) mass is 325 g/mol. The van der Waals surface area contributed by atoms with Gasteiger partial charge in [-0.25, -0.2) is 0 Å². The molecule has 1 saturated carbocycles. The number of hydrogen-bond acceptors (Lipinski definition) is 2. The molecular formula is C16H24BrNO. The van der Waals surface area contributed by atoms with Crippen molar-refractivity contribution in [1.29, 1.82) is 0 Å². The van der Waals surface area contributed by atoms with Crippen molar-refractivity contribution in [2.45, 2.75) is 45.1 Å². The van der Waals surface area contributed by atoms with Gasteiger partial charge in [0.15, 0.2) is 0 Å². The highest BCUT2D eigenvalue weighted by molar-refractivity contribution is 9.10. The van der Waals surface area contributed by atoms with E-state index >= 15 is 0 Å². The maximum atomic E-state index is 11.2. The number of nitrogens with two attached hydrogens (primary N) is 1. The van der Waals surface area contributed by atoms with Crippen LogP contribution in [-0.2, 0) is 5.60 Å². The number of halogens is 1. The highest BCUT2D eigenvalue weighted by atomic mass is 79.9. The van der Waals surface area contributed by atoms with Gasteiger partial charge in [-0.2, -0.15) is 0 Å². The zero-order chi connectivity index (χ0) is 14.1. The lowest BCUT2D eigenvalue weighted by Crippen LogP contribution is -2.50. The van der Waals surface area contributed by atoms with Crippen LogP contribution in [-0.4, -0.2) is 11.7 Å². The van der Waals surface area contributed by atoms with Gasteiger partial charge < -0.3 is 10.8 Å². The predicted octanol–water partition coefficient (Wildman–Crippen LogP) is 3.81. The van der Waals surface area contributed by atoms with Crippen molar-refractivity contribution in [3.8, 4) is 0 Å². The van der Waals surface area contributed by atoms with Crippen LogP contribution in [0.3, 0.4) is 0 Å². The van der Waals surface area contributed by atoms with Crippen molar-refractivity contribution >= 4 is 15.9 Å². The van der Waals surface area contributed by atoms with Gasteiger partial charge in [0.1, 0.15) is 0 Å². The Kier molecular flexibility index (Phi) is 4.38. The van der Waals surface area contributed by atoms with E-state index in [-0.39, 0.29) is 5.41 Å². The summed E-state index contributed by atoms with van der Waals surface area (Å²) in [5.74, 6) is 0.748. The first kappa shape index (κ1) is 15.0. The van der Waals surface area contributed by atoms with E-state index in [1.54, 1.807) is 0 Å². The number of hydrogen-bond donors (Lipinski definition) is 2. The molecular weight excluding hydrogens is 302 g/mol. The fourth-order valence-electron chi connectivity index (χ4n) is 3.30. The molecule has 3 heteroatoms. The first-order chi connectivity index (χ1) is 8.91. The quantitative estimate of drug-likeness (QED) is 0.887. The molecule has 1 aliphatic carbocycles. The minimum Gasteiger partial charge on any atom is -0.385 e. The fourth-order valence-corrected chi connectivity index (χ4v) is 3.70. The van der Waals surface area contributed by atoms with Crippen LogP contribution in [0.2, 0.25) is 0 Å². The van der Waals surface area contributed by atoms with Crippen LogP contribution in [0.1, 0.15) is 45.1 Å². The summed E-state index contributed by atoms with van der Waals surface area (Å²) in [6.45, 7) is 4.76. The van der Waals surface area contributed by atoms with Crippen molar-refractivity contribution in [3.63, 3.8) is 0 Å². The first-order valence-corrected chi connectivity index (χ1v) is 7.89. The molecule has 0 heterocycles. The molecule has 3 N–H and O–H groups in total. The van der Waals surface area contributed by atoms with Gasteiger partial charge in [0.05, 0.1) is 5.60 Å². The molecule has 2 nitrogen and oxygen atoms in total. The van der Waals surface area contributed by atoms with Crippen LogP contribution in [0.5, 0.6) is 0 Å². The normalized spacial score (nSPS) is 30.9. The average molecular weight is 326 g/mol. The van der Waals surface area contributed by atoms with Crippen LogP contribution in [0.25, 0.3) is 0 Å². The van der Waals surface area contributed by atoms with E-state index in [2.05, 4.69) is 22.9 Å². The van der Waals surface area contributed by atoms with Crippen molar-refractivity contribution in [2.24, 2.45) is 17.1 Å². The van der Waals surface area contributed by atoms with Gasteiger partial charge in [0.2, 0.25) is 0 Å². The Morgan fingerprint density at radius 1 is 1.42 bits per heavy atom. The lowest BCUT2D eigenvalue weighted by Gasteiger charge is -2.49.